The highest BCUT2D eigenvalue weighted by molar-refractivity contribution is 5.13. The van der Waals surface area contributed by atoms with Crippen molar-refractivity contribution in [3.8, 4) is 0 Å². The largest absolute Gasteiger partial charge is 0.382 e. The summed E-state index contributed by atoms with van der Waals surface area (Å²) in [4.78, 5) is 0. The second-order valence-corrected chi connectivity index (χ2v) is 4.52. The Bertz CT molecular complexity index is 297. The van der Waals surface area contributed by atoms with Crippen LogP contribution in [-0.2, 0) is 16.1 Å². The molecule has 96 valence electrons. The fraction of sp³-hybridized carbons (Fsp3) is 0.600. The highest BCUT2D eigenvalue weighted by Gasteiger charge is 2.22. The van der Waals surface area contributed by atoms with Gasteiger partial charge in [0.05, 0.1) is 12.2 Å². The third-order valence-corrected chi connectivity index (χ3v) is 3.16. The van der Waals surface area contributed by atoms with E-state index in [0.29, 0.717) is 6.61 Å². The van der Waals surface area contributed by atoms with Crippen molar-refractivity contribution in [1.82, 2.24) is 0 Å². The van der Waals surface area contributed by atoms with Crippen molar-refractivity contribution in [2.75, 3.05) is 13.2 Å². The number of ether oxygens (including phenoxy) is 2. The summed E-state index contributed by atoms with van der Waals surface area (Å²) in [5, 5.41) is 0. The molecule has 0 heterocycles. The Labute approximate surface area is 105 Å². The fourth-order valence-corrected chi connectivity index (χ4v) is 1.62. The van der Waals surface area contributed by atoms with Crippen molar-refractivity contribution in [3.05, 3.63) is 35.9 Å². The molecule has 0 amide bonds. The second kappa shape index (κ2) is 7.46. The monoisotopic (exact) mass is 236 g/mol. The van der Waals surface area contributed by atoms with Gasteiger partial charge < -0.3 is 9.47 Å². The molecule has 1 atom stereocenters. The van der Waals surface area contributed by atoms with Crippen molar-refractivity contribution in [2.45, 2.75) is 45.8 Å². The quantitative estimate of drug-likeness (QED) is 0.639. The molecule has 1 unspecified atom stereocenters. The molecule has 2 nitrogen and oxygen atoms in total. The maximum absolute atomic E-state index is 6.03. The molecule has 0 radical (unpaired) electrons. The van der Waals surface area contributed by atoms with Gasteiger partial charge in [0.1, 0.15) is 0 Å². The summed E-state index contributed by atoms with van der Waals surface area (Å²) < 4.78 is 11.4. The van der Waals surface area contributed by atoms with Crippen LogP contribution in [0.4, 0.5) is 0 Å². The first-order valence-corrected chi connectivity index (χ1v) is 6.46. The van der Waals surface area contributed by atoms with Crippen LogP contribution in [0.3, 0.4) is 0 Å². The molecular weight excluding hydrogens is 212 g/mol. The van der Waals surface area contributed by atoms with Crippen LogP contribution >= 0.6 is 0 Å². The normalized spacial score (nSPS) is 14.5. The zero-order chi connectivity index (χ0) is 12.6. The summed E-state index contributed by atoms with van der Waals surface area (Å²) in [6.45, 7) is 8.57. The number of rotatable bonds is 8. The zero-order valence-electron chi connectivity index (χ0n) is 11.2. The molecular formula is C15H24O2. The molecule has 0 aliphatic carbocycles. The smallest absolute Gasteiger partial charge is 0.0724 e. The van der Waals surface area contributed by atoms with Crippen LogP contribution in [0.5, 0.6) is 0 Å². The third-order valence-electron chi connectivity index (χ3n) is 3.16. The summed E-state index contributed by atoms with van der Waals surface area (Å²) in [7, 11) is 0. The molecule has 0 aromatic heterocycles. The molecule has 0 saturated carbocycles. The molecule has 0 saturated heterocycles. The minimum atomic E-state index is -0.0784. The SMILES string of the molecule is CCOCCC(C)(CC)OCc1ccccc1. The van der Waals surface area contributed by atoms with Gasteiger partial charge >= 0.3 is 0 Å². The number of hydrogen-bond donors (Lipinski definition) is 0. The topological polar surface area (TPSA) is 18.5 Å². The first-order chi connectivity index (χ1) is 8.20. The summed E-state index contributed by atoms with van der Waals surface area (Å²) in [5.74, 6) is 0. The average molecular weight is 236 g/mol. The van der Waals surface area contributed by atoms with E-state index in [2.05, 4.69) is 26.0 Å². The molecule has 0 aliphatic heterocycles. The fourth-order valence-electron chi connectivity index (χ4n) is 1.62. The molecule has 0 N–H and O–H groups in total. The van der Waals surface area contributed by atoms with E-state index in [1.807, 2.05) is 25.1 Å². The summed E-state index contributed by atoms with van der Waals surface area (Å²) in [6.07, 6.45) is 1.96. The lowest BCUT2D eigenvalue weighted by Gasteiger charge is -2.28. The Balaban J connectivity index is 2.40. The van der Waals surface area contributed by atoms with Gasteiger partial charge in [-0.2, -0.15) is 0 Å². The number of hydrogen-bond acceptors (Lipinski definition) is 2. The second-order valence-electron chi connectivity index (χ2n) is 4.52. The Kier molecular flexibility index (Phi) is 6.23. The lowest BCUT2D eigenvalue weighted by atomic mass is 9.99. The first-order valence-electron chi connectivity index (χ1n) is 6.46. The molecule has 0 fully saturated rings. The molecule has 1 aromatic rings. The van der Waals surface area contributed by atoms with E-state index in [0.717, 1.165) is 26.1 Å². The van der Waals surface area contributed by atoms with Crippen LogP contribution in [0.2, 0.25) is 0 Å². The van der Waals surface area contributed by atoms with E-state index in [-0.39, 0.29) is 5.60 Å². The highest BCUT2D eigenvalue weighted by Crippen LogP contribution is 2.21. The number of benzene rings is 1. The molecule has 1 aromatic carbocycles. The van der Waals surface area contributed by atoms with E-state index in [1.165, 1.54) is 5.56 Å². The minimum absolute atomic E-state index is 0.0784. The van der Waals surface area contributed by atoms with Gasteiger partial charge in [-0.25, -0.2) is 0 Å². The lowest BCUT2D eigenvalue weighted by molar-refractivity contribution is -0.0651. The van der Waals surface area contributed by atoms with Crippen molar-refractivity contribution < 1.29 is 9.47 Å². The van der Waals surface area contributed by atoms with Gasteiger partial charge in [-0.1, -0.05) is 37.3 Å². The van der Waals surface area contributed by atoms with Gasteiger partial charge in [0.2, 0.25) is 0 Å². The lowest BCUT2D eigenvalue weighted by Crippen LogP contribution is -2.29. The van der Waals surface area contributed by atoms with Gasteiger partial charge in [0, 0.05) is 13.2 Å². The van der Waals surface area contributed by atoms with Crippen LogP contribution < -0.4 is 0 Å². The Hall–Kier alpha value is -0.860. The van der Waals surface area contributed by atoms with Gasteiger partial charge in [0.25, 0.3) is 0 Å². The molecule has 17 heavy (non-hydrogen) atoms. The van der Waals surface area contributed by atoms with E-state index in [1.54, 1.807) is 0 Å². The van der Waals surface area contributed by atoms with Crippen molar-refractivity contribution >= 4 is 0 Å². The molecule has 0 spiro atoms. The van der Waals surface area contributed by atoms with Crippen LogP contribution in [0.15, 0.2) is 30.3 Å². The van der Waals surface area contributed by atoms with Crippen LogP contribution in [-0.4, -0.2) is 18.8 Å². The maximum Gasteiger partial charge on any atom is 0.0724 e. The first kappa shape index (κ1) is 14.2. The predicted molar refractivity (Wildman–Crippen MR) is 71.0 cm³/mol. The van der Waals surface area contributed by atoms with Crippen molar-refractivity contribution in [1.29, 1.82) is 0 Å². The average Bonchev–Trinajstić information content (AvgIpc) is 2.38. The van der Waals surface area contributed by atoms with Crippen LogP contribution in [0.25, 0.3) is 0 Å². The minimum Gasteiger partial charge on any atom is -0.382 e. The van der Waals surface area contributed by atoms with Crippen LogP contribution in [0, 0.1) is 0 Å². The molecule has 1 rings (SSSR count). The maximum atomic E-state index is 6.03. The predicted octanol–water partition coefficient (Wildman–Crippen LogP) is 3.80. The van der Waals surface area contributed by atoms with E-state index < -0.39 is 0 Å². The van der Waals surface area contributed by atoms with E-state index in [4.69, 9.17) is 9.47 Å². The van der Waals surface area contributed by atoms with E-state index >= 15 is 0 Å². The standard InChI is InChI=1S/C15H24O2/c1-4-15(3,11-12-16-5-2)17-13-14-9-7-6-8-10-14/h6-10H,4-5,11-13H2,1-3H3. The van der Waals surface area contributed by atoms with Gasteiger partial charge in [-0.05, 0) is 32.3 Å². The summed E-state index contributed by atoms with van der Waals surface area (Å²) in [6, 6.07) is 10.3. The molecule has 0 bridgehead atoms. The van der Waals surface area contributed by atoms with Crippen LogP contribution in [0.1, 0.15) is 39.2 Å². The van der Waals surface area contributed by atoms with Gasteiger partial charge in [-0.15, -0.1) is 0 Å². The highest BCUT2D eigenvalue weighted by atomic mass is 16.5. The summed E-state index contributed by atoms with van der Waals surface area (Å²) >= 11 is 0. The Morgan fingerprint density at radius 2 is 1.82 bits per heavy atom. The summed E-state index contributed by atoms with van der Waals surface area (Å²) in [5.41, 5.74) is 1.15. The van der Waals surface area contributed by atoms with E-state index in [9.17, 15) is 0 Å². The van der Waals surface area contributed by atoms with Gasteiger partial charge in [-0.3, -0.25) is 0 Å². The Morgan fingerprint density at radius 3 is 2.41 bits per heavy atom. The third kappa shape index (κ3) is 5.33. The Morgan fingerprint density at radius 1 is 1.12 bits per heavy atom. The molecule has 0 aliphatic rings. The molecule has 2 heteroatoms. The van der Waals surface area contributed by atoms with Crippen molar-refractivity contribution in [3.63, 3.8) is 0 Å². The zero-order valence-corrected chi connectivity index (χ0v) is 11.2. The van der Waals surface area contributed by atoms with Gasteiger partial charge in [0.15, 0.2) is 0 Å². The van der Waals surface area contributed by atoms with Crippen molar-refractivity contribution in [2.24, 2.45) is 0 Å².